The largest absolute Gasteiger partial charge is 0.399 e. The number of benzene rings is 2. The van der Waals surface area contributed by atoms with Gasteiger partial charge in [0.25, 0.3) is 5.91 Å². The zero-order chi connectivity index (χ0) is 15.4. The second kappa shape index (κ2) is 6.54. The summed E-state index contributed by atoms with van der Waals surface area (Å²) in [5, 5.41) is 2.92. The second-order valence-electron chi connectivity index (χ2n) is 4.86. The van der Waals surface area contributed by atoms with E-state index in [0.29, 0.717) is 11.3 Å². The Morgan fingerprint density at radius 3 is 2.62 bits per heavy atom. The first-order valence-corrected chi connectivity index (χ1v) is 7.76. The average Bonchev–Trinajstić information content (AvgIpc) is 2.47. The number of anilines is 3. The number of nitrogens with two attached hydrogens (primary N) is 1. The molecular formula is C16H19N3OS. The predicted molar refractivity (Wildman–Crippen MR) is 91.4 cm³/mol. The van der Waals surface area contributed by atoms with Crippen LogP contribution in [0.2, 0.25) is 0 Å². The van der Waals surface area contributed by atoms with Crippen molar-refractivity contribution in [1.29, 1.82) is 0 Å². The van der Waals surface area contributed by atoms with Crippen molar-refractivity contribution < 1.29 is 4.79 Å². The minimum atomic E-state index is -0.163. The van der Waals surface area contributed by atoms with E-state index in [4.69, 9.17) is 5.73 Å². The Bertz CT molecular complexity index is 656. The van der Waals surface area contributed by atoms with Gasteiger partial charge in [0.2, 0.25) is 0 Å². The summed E-state index contributed by atoms with van der Waals surface area (Å²) in [7, 11) is 3.80. The Hall–Kier alpha value is -2.14. The summed E-state index contributed by atoms with van der Waals surface area (Å²) >= 11 is 1.64. The summed E-state index contributed by atoms with van der Waals surface area (Å²) in [5.41, 5.74) is 8.55. The highest BCUT2D eigenvalue weighted by molar-refractivity contribution is 7.98. The fraction of sp³-hybridized carbons (Fsp3) is 0.188. The summed E-state index contributed by atoms with van der Waals surface area (Å²) in [4.78, 5) is 15.5. The van der Waals surface area contributed by atoms with E-state index >= 15 is 0 Å². The van der Waals surface area contributed by atoms with Crippen LogP contribution in [0, 0.1) is 0 Å². The van der Waals surface area contributed by atoms with Crippen molar-refractivity contribution in [1.82, 2.24) is 0 Å². The molecule has 1 amide bonds. The maximum atomic E-state index is 12.5. The lowest BCUT2D eigenvalue weighted by atomic mass is 10.1. The molecule has 0 atom stereocenters. The number of carbonyl (C=O) groups is 1. The molecule has 2 rings (SSSR count). The van der Waals surface area contributed by atoms with Gasteiger partial charge < -0.3 is 16.0 Å². The lowest BCUT2D eigenvalue weighted by Gasteiger charge is -2.17. The molecule has 0 bridgehead atoms. The summed E-state index contributed by atoms with van der Waals surface area (Å²) in [6.07, 6.45) is 2.00. The lowest BCUT2D eigenvalue weighted by Crippen LogP contribution is -2.18. The molecule has 0 radical (unpaired) electrons. The van der Waals surface area contributed by atoms with Crippen LogP contribution < -0.4 is 16.0 Å². The zero-order valence-corrected chi connectivity index (χ0v) is 13.2. The van der Waals surface area contributed by atoms with E-state index in [1.807, 2.05) is 55.6 Å². The molecule has 2 aromatic rings. The first-order chi connectivity index (χ1) is 10.0. The average molecular weight is 301 g/mol. The third-order valence-electron chi connectivity index (χ3n) is 3.07. The molecule has 0 unspecified atom stereocenters. The van der Waals surface area contributed by atoms with Crippen molar-refractivity contribution in [3.8, 4) is 0 Å². The van der Waals surface area contributed by atoms with E-state index in [1.54, 1.807) is 23.9 Å². The number of amides is 1. The maximum absolute atomic E-state index is 12.5. The molecule has 0 fully saturated rings. The van der Waals surface area contributed by atoms with Crippen LogP contribution in [0.5, 0.6) is 0 Å². The molecule has 0 saturated carbocycles. The van der Waals surface area contributed by atoms with Crippen LogP contribution in [0.3, 0.4) is 0 Å². The predicted octanol–water partition coefficient (Wildman–Crippen LogP) is 3.31. The molecule has 0 spiro atoms. The molecule has 21 heavy (non-hydrogen) atoms. The van der Waals surface area contributed by atoms with Gasteiger partial charge in [-0.05, 0) is 42.7 Å². The number of rotatable bonds is 4. The van der Waals surface area contributed by atoms with Crippen LogP contribution in [0.25, 0.3) is 0 Å². The molecule has 110 valence electrons. The molecular weight excluding hydrogens is 282 g/mol. The number of hydrogen-bond donors (Lipinski definition) is 2. The van der Waals surface area contributed by atoms with E-state index in [-0.39, 0.29) is 5.91 Å². The van der Waals surface area contributed by atoms with E-state index in [9.17, 15) is 4.79 Å². The van der Waals surface area contributed by atoms with Crippen molar-refractivity contribution >= 4 is 34.7 Å². The molecule has 0 aliphatic rings. The standard InChI is InChI=1S/C16H19N3OS/c1-19(2)15-8-7-11(17)9-14(15)16(20)18-12-5-4-6-13(10-12)21-3/h4-10H,17H2,1-3H3,(H,18,20). The summed E-state index contributed by atoms with van der Waals surface area (Å²) in [6.45, 7) is 0. The van der Waals surface area contributed by atoms with Crippen LogP contribution in [0.1, 0.15) is 10.4 Å². The molecule has 0 aromatic heterocycles. The molecule has 3 N–H and O–H groups in total. The molecule has 0 aliphatic heterocycles. The molecule has 0 aliphatic carbocycles. The topological polar surface area (TPSA) is 58.4 Å². The normalized spacial score (nSPS) is 10.2. The zero-order valence-electron chi connectivity index (χ0n) is 12.4. The number of nitrogens with zero attached hydrogens (tertiary/aromatic N) is 1. The van der Waals surface area contributed by atoms with Gasteiger partial charge in [0.1, 0.15) is 0 Å². The first-order valence-electron chi connectivity index (χ1n) is 6.53. The molecule has 0 saturated heterocycles. The highest BCUT2D eigenvalue weighted by Gasteiger charge is 2.13. The number of hydrogen-bond acceptors (Lipinski definition) is 4. The van der Waals surface area contributed by atoms with Crippen LogP contribution in [-0.2, 0) is 0 Å². The van der Waals surface area contributed by atoms with E-state index in [2.05, 4.69) is 5.32 Å². The minimum Gasteiger partial charge on any atom is -0.399 e. The fourth-order valence-corrected chi connectivity index (χ4v) is 2.48. The third-order valence-corrected chi connectivity index (χ3v) is 3.80. The van der Waals surface area contributed by atoms with E-state index in [0.717, 1.165) is 16.3 Å². The Morgan fingerprint density at radius 2 is 1.95 bits per heavy atom. The Kier molecular flexibility index (Phi) is 4.75. The first kappa shape index (κ1) is 15.3. The van der Waals surface area contributed by atoms with Gasteiger partial charge in [-0.15, -0.1) is 11.8 Å². The summed E-state index contributed by atoms with van der Waals surface area (Å²) in [6, 6.07) is 13.1. The van der Waals surface area contributed by atoms with Crippen LogP contribution in [-0.4, -0.2) is 26.3 Å². The number of carbonyl (C=O) groups excluding carboxylic acids is 1. The Balaban J connectivity index is 2.29. The summed E-state index contributed by atoms with van der Waals surface area (Å²) in [5.74, 6) is -0.163. The lowest BCUT2D eigenvalue weighted by molar-refractivity contribution is 0.102. The van der Waals surface area contributed by atoms with Crippen molar-refractivity contribution in [3.63, 3.8) is 0 Å². The minimum absolute atomic E-state index is 0.163. The third kappa shape index (κ3) is 3.70. The monoisotopic (exact) mass is 301 g/mol. The van der Waals surface area contributed by atoms with Gasteiger partial charge in [-0.3, -0.25) is 4.79 Å². The second-order valence-corrected chi connectivity index (χ2v) is 5.74. The SMILES string of the molecule is CSc1cccc(NC(=O)c2cc(N)ccc2N(C)C)c1. The smallest absolute Gasteiger partial charge is 0.257 e. The van der Waals surface area contributed by atoms with Crippen LogP contribution >= 0.6 is 11.8 Å². The number of thioether (sulfide) groups is 1. The molecule has 5 heteroatoms. The van der Waals surface area contributed by atoms with Crippen LogP contribution in [0.4, 0.5) is 17.1 Å². The van der Waals surface area contributed by atoms with Crippen molar-refractivity contribution in [3.05, 3.63) is 48.0 Å². The number of nitrogen functional groups attached to an aromatic ring is 1. The van der Waals surface area contributed by atoms with Gasteiger partial charge in [0.05, 0.1) is 5.56 Å². The highest BCUT2D eigenvalue weighted by atomic mass is 32.2. The Morgan fingerprint density at radius 1 is 1.19 bits per heavy atom. The van der Waals surface area contributed by atoms with E-state index < -0.39 is 0 Å². The fourth-order valence-electron chi connectivity index (χ4n) is 2.02. The van der Waals surface area contributed by atoms with Crippen LogP contribution in [0.15, 0.2) is 47.4 Å². The summed E-state index contributed by atoms with van der Waals surface area (Å²) < 4.78 is 0. The van der Waals surface area contributed by atoms with Gasteiger partial charge >= 0.3 is 0 Å². The molecule has 0 heterocycles. The van der Waals surface area contributed by atoms with Crippen molar-refractivity contribution in [2.75, 3.05) is 36.3 Å². The van der Waals surface area contributed by atoms with Gasteiger partial charge in [0, 0.05) is 36.1 Å². The van der Waals surface area contributed by atoms with Gasteiger partial charge in [-0.2, -0.15) is 0 Å². The van der Waals surface area contributed by atoms with Gasteiger partial charge in [0.15, 0.2) is 0 Å². The van der Waals surface area contributed by atoms with Gasteiger partial charge in [-0.1, -0.05) is 6.07 Å². The maximum Gasteiger partial charge on any atom is 0.257 e. The molecule has 4 nitrogen and oxygen atoms in total. The van der Waals surface area contributed by atoms with Gasteiger partial charge in [-0.25, -0.2) is 0 Å². The number of nitrogens with one attached hydrogen (secondary N) is 1. The van der Waals surface area contributed by atoms with E-state index in [1.165, 1.54) is 0 Å². The Labute approximate surface area is 129 Å². The van der Waals surface area contributed by atoms with Crippen molar-refractivity contribution in [2.45, 2.75) is 4.90 Å². The highest BCUT2D eigenvalue weighted by Crippen LogP contribution is 2.24. The quantitative estimate of drug-likeness (QED) is 0.672. The molecule has 2 aromatic carbocycles. The van der Waals surface area contributed by atoms with Crippen molar-refractivity contribution in [2.24, 2.45) is 0 Å².